The molecule has 6 nitrogen and oxygen atoms in total. The first-order valence-electron chi connectivity index (χ1n) is 8.64. The molecule has 0 heterocycles. The van der Waals surface area contributed by atoms with Gasteiger partial charge in [0.25, 0.3) is 0 Å². The van der Waals surface area contributed by atoms with E-state index in [0.717, 1.165) is 11.5 Å². The van der Waals surface area contributed by atoms with E-state index in [1.807, 2.05) is 24.1 Å². The summed E-state index contributed by atoms with van der Waals surface area (Å²) in [5, 5.41) is 5.95. The number of halogens is 2. The van der Waals surface area contributed by atoms with E-state index in [2.05, 4.69) is 15.6 Å². The van der Waals surface area contributed by atoms with Gasteiger partial charge < -0.3 is 20.3 Å². The first-order valence-corrected chi connectivity index (χ1v) is 8.64. The van der Waals surface area contributed by atoms with Gasteiger partial charge in [0.15, 0.2) is 5.96 Å². The van der Waals surface area contributed by atoms with Crippen molar-refractivity contribution < 1.29 is 13.9 Å². The topological polar surface area (TPSA) is 66.0 Å². The Balaban J connectivity index is 0.00000392. The van der Waals surface area contributed by atoms with Crippen LogP contribution in [0.3, 0.4) is 0 Å². The van der Waals surface area contributed by atoms with Crippen LogP contribution in [-0.2, 0) is 11.3 Å². The van der Waals surface area contributed by atoms with E-state index < -0.39 is 0 Å². The molecule has 2 N–H and O–H groups in total. The van der Waals surface area contributed by atoms with Crippen molar-refractivity contribution in [3.63, 3.8) is 0 Å². The zero-order chi connectivity index (χ0) is 19.6. The molecule has 152 valence electrons. The number of nitrogens with zero attached hydrogens (tertiary/aromatic N) is 2. The fraction of sp³-hybridized carbons (Fsp3) is 0.300. The highest BCUT2D eigenvalue weighted by atomic mass is 127. The molecule has 0 radical (unpaired) electrons. The monoisotopic (exact) mass is 500 g/mol. The minimum absolute atomic E-state index is 0. The minimum Gasteiger partial charge on any atom is -0.492 e. The van der Waals surface area contributed by atoms with Crippen LogP contribution in [0.4, 0.5) is 10.1 Å². The van der Waals surface area contributed by atoms with Gasteiger partial charge in [-0.3, -0.25) is 9.79 Å². The molecular weight excluding hydrogens is 474 g/mol. The number of anilines is 1. The van der Waals surface area contributed by atoms with E-state index in [4.69, 9.17) is 4.74 Å². The summed E-state index contributed by atoms with van der Waals surface area (Å²) in [5.41, 5.74) is 1.69. The van der Waals surface area contributed by atoms with E-state index in [0.29, 0.717) is 31.1 Å². The summed E-state index contributed by atoms with van der Waals surface area (Å²) < 4.78 is 18.7. The number of carbonyl (C=O) groups is 1. The largest absolute Gasteiger partial charge is 0.492 e. The van der Waals surface area contributed by atoms with Gasteiger partial charge in [-0.05, 0) is 29.8 Å². The summed E-state index contributed by atoms with van der Waals surface area (Å²) in [6, 6.07) is 13.6. The first-order chi connectivity index (χ1) is 13.0. The quantitative estimate of drug-likeness (QED) is 0.265. The van der Waals surface area contributed by atoms with Crippen molar-refractivity contribution in [1.82, 2.24) is 10.2 Å². The zero-order valence-electron chi connectivity index (χ0n) is 16.2. The SMILES string of the molecule is CN=C(NCCOc1cccc(NC(C)=O)c1)N(C)Cc1ccc(F)cc1.I. The lowest BCUT2D eigenvalue weighted by molar-refractivity contribution is -0.114. The molecule has 0 atom stereocenters. The van der Waals surface area contributed by atoms with E-state index >= 15 is 0 Å². The van der Waals surface area contributed by atoms with Gasteiger partial charge in [-0.1, -0.05) is 18.2 Å². The van der Waals surface area contributed by atoms with E-state index in [1.165, 1.54) is 19.1 Å². The molecule has 0 aromatic heterocycles. The van der Waals surface area contributed by atoms with Gasteiger partial charge in [0.2, 0.25) is 5.91 Å². The number of benzene rings is 2. The van der Waals surface area contributed by atoms with Crippen LogP contribution in [0.15, 0.2) is 53.5 Å². The molecule has 0 aliphatic rings. The van der Waals surface area contributed by atoms with Gasteiger partial charge in [0.05, 0.1) is 6.54 Å². The number of rotatable bonds is 7. The van der Waals surface area contributed by atoms with Crippen LogP contribution in [-0.4, -0.2) is 44.0 Å². The number of amides is 1. The maximum Gasteiger partial charge on any atom is 0.221 e. The highest BCUT2D eigenvalue weighted by Gasteiger charge is 2.07. The first kappa shape index (κ1) is 23.7. The maximum absolute atomic E-state index is 13.0. The average Bonchev–Trinajstić information content (AvgIpc) is 2.63. The van der Waals surface area contributed by atoms with Crippen LogP contribution in [0, 0.1) is 5.82 Å². The Morgan fingerprint density at radius 1 is 1.21 bits per heavy atom. The van der Waals surface area contributed by atoms with Crippen LogP contribution < -0.4 is 15.4 Å². The third kappa shape index (κ3) is 8.12. The number of guanidine groups is 1. The summed E-state index contributed by atoms with van der Waals surface area (Å²) in [7, 11) is 3.62. The van der Waals surface area contributed by atoms with Crippen molar-refractivity contribution in [3.05, 3.63) is 59.9 Å². The molecule has 2 aromatic carbocycles. The fourth-order valence-corrected chi connectivity index (χ4v) is 2.52. The molecule has 2 aromatic rings. The molecule has 2 rings (SSSR count). The Morgan fingerprint density at radius 3 is 2.57 bits per heavy atom. The number of aliphatic imine (C=N–C) groups is 1. The molecule has 0 saturated carbocycles. The number of nitrogens with one attached hydrogen (secondary N) is 2. The molecule has 0 bridgehead atoms. The normalized spacial score (nSPS) is 10.6. The molecule has 0 fully saturated rings. The number of ether oxygens (including phenoxy) is 1. The predicted octanol–water partition coefficient (Wildman–Crippen LogP) is 3.49. The Kier molecular flexibility index (Phi) is 10.3. The number of carbonyl (C=O) groups excluding carboxylic acids is 1. The predicted molar refractivity (Wildman–Crippen MR) is 121 cm³/mol. The Labute approximate surface area is 182 Å². The van der Waals surface area contributed by atoms with Gasteiger partial charge in [0.1, 0.15) is 18.2 Å². The highest BCUT2D eigenvalue weighted by molar-refractivity contribution is 14.0. The molecule has 0 unspecified atom stereocenters. The molecule has 28 heavy (non-hydrogen) atoms. The molecule has 0 spiro atoms. The lowest BCUT2D eigenvalue weighted by atomic mass is 10.2. The van der Waals surface area contributed by atoms with Gasteiger partial charge >= 0.3 is 0 Å². The van der Waals surface area contributed by atoms with E-state index in [9.17, 15) is 9.18 Å². The van der Waals surface area contributed by atoms with Crippen LogP contribution in [0.1, 0.15) is 12.5 Å². The summed E-state index contributed by atoms with van der Waals surface area (Å²) >= 11 is 0. The summed E-state index contributed by atoms with van der Waals surface area (Å²) in [5.74, 6) is 1.03. The molecule has 0 aliphatic heterocycles. The second-order valence-corrected chi connectivity index (χ2v) is 6.01. The van der Waals surface area contributed by atoms with Gasteiger partial charge in [0, 0.05) is 39.3 Å². The minimum atomic E-state index is -0.247. The Hall–Kier alpha value is -2.36. The molecule has 1 amide bonds. The lowest BCUT2D eigenvalue weighted by Gasteiger charge is -2.22. The van der Waals surface area contributed by atoms with Crippen LogP contribution in [0.2, 0.25) is 0 Å². The van der Waals surface area contributed by atoms with Crippen molar-refractivity contribution in [2.24, 2.45) is 4.99 Å². The average molecular weight is 500 g/mol. The Morgan fingerprint density at radius 2 is 1.93 bits per heavy atom. The van der Waals surface area contributed by atoms with Crippen LogP contribution >= 0.6 is 24.0 Å². The van der Waals surface area contributed by atoms with Gasteiger partial charge in [-0.15, -0.1) is 24.0 Å². The zero-order valence-corrected chi connectivity index (χ0v) is 18.6. The van der Waals surface area contributed by atoms with Gasteiger partial charge in [-0.25, -0.2) is 4.39 Å². The number of hydrogen-bond donors (Lipinski definition) is 2. The van der Waals surface area contributed by atoms with Crippen molar-refractivity contribution in [1.29, 1.82) is 0 Å². The second-order valence-electron chi connectivity index (χ2n) is 6.01. The van der Waals surface area contributed by atoms with Crippen molar-refractivity contribution in [2.75, 3.05) is 32.6 Å². The summed E-state index contributed by atoms with van der Waals surface area (Å²) in [4.78, 5) is 17.3. The fourth-order valence-electron chi connectivity index (χ4n) is 2.52. The smallest absolute Gasteiger partial charge is 0.221 e. The van der Waals surface area contributed by atoms with E-state index in [-0.39, 0.29) is 35.7 Å². The molecule has 0 aliphatic carbocycles. The van der Waals surface area contributed by atoms with Gasteiger partial charge in [-0.2, -0.15) is 0 Å². The second kappa shape index (κ2) is 12.2. The standard InChI is InChI=1S/C20H25FN4O2.HI/c1-15(26)24-18-5-4-6-19(13-18)27-12-11-23-20(22-2)25(3)14-16-7-9-17(21)10-8-16;/h4-10,13H,11-12,14H2,1-3H3,(H,22,23)(H,24,26);1H. The lowest BCUT2D eigenvalue weighted by Crippen LogP contribution is -2.40. The summed E-state index contributed by atoms with van der Waals surface area (Å²) in [6.45, 7) is 3.07. The van der Waals surface area contributed by atoms with E-state index in [1.54, 1.807) is 31.3 Å². The van der Waals surface area contributed by atoms with Crippen molar-refractivity contribution in [2.45, 2.75) is 13.5 Å². The number of hydrogen-bond acceptors (Lipinski definition) is 3. The third-order valence-corrected chi connectivity index (χ3v) is 3.71. The van der Waals surface area contributed by atoms with Crippen LogP contribution in [0.5, 0.6) is 5.75 Å². The molecule has 0 saturated heterocycles. The van der Waals surface area contributed by atoms with Crippen molar-refractivity contribution >= 4 is 41.5 Å². The maximum atomic E-state index is 13.0. The van der Waals surface area contributed by atoms with Crippen LogP contribution in [0.25, 0.3) is 0 Å². The van der Waals surface area contributed by atoms with Crippen molar-refractivity contribution in [3.8, 4) is 5.75 Å². The third-order valence-electron chi connectivity index (χ3n) is 3.71. The highest BCUT2D eigenvalue weighted by Crippen LogP contribution is 2.17. The Bertz CT molecular complexity index is 784. The summed E-state index contributed by atoms with van der Waals surface area (Å²) in [6.07, 6.45) is 0. The molecule has 8 heteroatoms. The molecular formula is C20H26FIN4O2.